The molecule has 1 aromatic carbocycles. The number of hydrogen-bond acceptors (Lipinski definition) is 4. The smallest absolute Gasteiger partial charge is 0.303 e. The standard InChI is InChI=1S/C22H25NO4/c1-14(24)27-22-11-15-8-16(12-22)10-21(9-15,13-22)6-7-23-19(25)17-4-2-3-5-18(17)20(23)26/h2-5,15-16H,6-13H2,1H3/t15-,16+,21?,22?. The highest BCUT2D eigenvalue weighted by Crippen LogP contribution is 2.64. The Morgan fingerprint density at radius 1 is 1.07 bits per heavy atom. The fourth-order valence-corrected chi connectivity index (χ4v) is 6.87. The van der Waals surface area contributed by atoms with E-state index in [2.05, 4.69) is 0 Å². The van der Waals surface area contributed by atoms with Crippen molar-refractivity contribution in [2.75, 3.05) is 6.54 Å². The number of carbonyl (C=O) groups is 3. The molecule has 4 atom stereocenters. The van der Waals surface area contributed by atoms with Crippen LogP contribution in [0.1, 0.15) is 72.6 Å². The maximum Gasteiger partial charge on any atom is 0.303 e. The van der Waals surface area contributed by atoms with Crippen molar-refractivity contribution >= 4 is 17.8 Å². The van der Waals surface area contributed by atoms with E-state index >= 15 is 0 Å². The van der Waals surface area contributed by atoms with Crippen molar-refractivity contribution in [1.82, 2.24) is 4.90 Å². The van der Waals surface area contributed by atoms with Crippen LogP contribution in [0.3, 0.4) is 0 Å². The van der Waals surface area contributed by atoms with Crippen molar-refractivity contribution in [2.45, 2.75) is 57.5 Å². The Kier molecular flexibility index (Phi) is 3.56. The number of amides is 2. The molecule has 1 aromatic rings. The van der Waals surface area contributed by atoms with Crippen molar-refractivity contribution in [3.05, 3.63) is 35.4 Å². The third-order valence-electron chi connectivity index (χ3n) is 7.23. The predicted molar refractivity (Wildman–Crippen MR) is 98.0 cm³/mol. The molecule has 0 radical (unpaired) electrons. The Morgan fingerprint density at radius 2 is 1.67 bits per heavy atom. The highest BCUT2D eigenvalue weighted by molar-refractivity contribution is 6.21. The summed E-state index contributed by atoms with van der Waals surface area (Å²) in [5, 5.41) is 0. The lowest BCUT2D eigenvalue weighted by Gasteiger charge is -2.61. The molecule has 1 heterocycles. The summed E-state index contributed by atoms with van der Waals surface area (Å²) >= 11 is 0. The summed E-state index contributed by atoms with van der Waals surface area (Å²) in [5.41, 5.74) is 0.820. The normalized spacial score (nSPS) is 36.3. The van der Waals surface area contributed by atoms with Gasteiger partial charge in [0, 0.05) is 13.5 Å². The first-order valence-corrected chi connectivity index (χ1v) is 10.0. The monoisotopic (exact) mass is 367 g/mol. The van der Waals surface area contributed by atoms with Gasteiger partial charge in [-0.25, -0.2) is 0 Å². The van der Waals surface area contributed by atoms with Gasteiger partial charge in [0.2, 0.25) is 0 Å². The second-order valence-electron chi connectivity index (χ2n) is 9.30. The van der Waals surface area contributed by atoms with Gasteiger partial charge in [-0.3, -0.25) is 19.3 Å². The molecule has 0 spiro atoms. The molecule has 4 saturated carbocycles. The molecule has 4 fully saturated rings. The van der Waals surface area contributed by atoms with E-state index in [-0.39, 0.29) is 28.8 Å². The molecule has 5 aliphatic rings. The van der Waals surface area contributed by atoms with Crippen LogP contribution < -0.4 is 0 Å². The van der Waals surface area contributed by atoms with Crippen LogP contribution in [0.2, 0.25) is 0 Å². The number of fused-ring (bicyclic) bond motifs is 1. The van der Waals surface area contributed by atoms with Crippen molar-refractivity contribution in [2.24, 2.45) is 17.3 Å². The van der Waals surface area contributed by atoms with E-state index in [9.17, 15) is 14.4 Å². The fraction of sp³-hybridized carbons (Fsp3) is 0.591. The van der Waals surface area contributed by atoms with Gasteiger partial charge in [-0.05, 0) is 74.3 Å². The van der Waals surface area contributed by atoms with Gasteiger partial charge >= 0.3 is 5.97 Å². The highest BCUT2D eigenvalue weighted by Gasteiger charge is 2.59. The number of ether oxygens (including phenoxy) is 1. The summed E-state index contributed by atoms with van der Waals surface area (Å²) in [6, 6.07) is 7.07. The maximum absolute atomic E-state index is 12.7. The third-order valence-corrected chi connectivity index (χ3v) is 7.23. The van der Waals surface area contributed by atoms with Crippen LogP contribution in [-0.4, -0.2) is 34.8 Å². The van der Waals surface area contributed by atoms with Gasteiger partial charge in [-0.15, -0.1) is 0 Å². The molecule has 2 unspecified atom stereocenters. The van der Waals surface area contributed by atoms with E-state index in [1.807, 2.05) is 0 Å². The highest BCUT2D eigenvalue weighted by atomic mass is 16.6. The fourth-order valence-electron chi connectivity index (χ4n) is 6.87. The van der Waals surface area contributed by atoms with Gasteiger partial charge < -0.3 is 4.74 Å². The SMILES string of the molecule is CC(=O)OC12C[C@@H]3C[C@@H](CC(CCN4C(=O)c5ccccc5C4=O)(C3)C1)C2. The maximum atomic E-state index is 12.7. The van der Waals surface area contributed by atoms with E-state index in [0.29, 0.717) is 29.5 Å². The molecule has 27 heavy (non-hydrogen) atoms. The summed E-state index contributed by atoms with van der Waals surface area (Å²) in [7, 11) is 0. The van der Waals surface area contributed by atoms with E-state index in [1.54, 1.807) is 24.3 Å². The second kappa shape index (κ2) is 5.66. The first-order valence-electron chi connectivity index (χ1n) is 10.0. The quantitative estimate of drug-likeness (QED) is 0.603. The van der Waals surface area contributed by atoms with Crippen LogP contribution in [-0.2, 0) is 9.53 Å². The summed E-state index contributed by atoms with van der Waals surface area (Å²) in [5.74, 6) is 0.679. The van der Waals surface area contributed by atoms with Gasteiger partial charge in [-0.1, -0.05) is 12.1 Å². The molecule has 5 heteroatoms. The largest absolute Gasteiger partial charge is 0.459 e. The first-order chi connectivity index (χ1) is 12.9. The molecular weight excluding hydrogens is 342 g/mol. The Morgan fingerprint density at radius 3 is 2.22 bits per heavy atom. The van der Waals surface area contributed by atoms with Gasteiger partial charge in [0.25, 0.3) is 11.8 Å². The van der Waals surface area contributed by atoms with Crippen LogP contribution in [0.15, 0.2) is 24.3 Å². The van der Waals surface area contributed by atoms with Gasteiger partial charge in [-0.2, -0.15) is 0 Å². The molecule has 4 bridgehead atoms. The minimum absolute atomic E-state index is 0.0921. The van der Waals surface area contributed by atoms with E-state index in [1.165, 1.54) is 18.2 Å². The zero-order valence-corrected chi connectivity index (χ0v) is 15.7. The molecule has 5 nitrogen and oxygen atoms in total. The zero-order valence-electron chi connectivity index (χ0n) is 15.7. The molecule has 0 aromatic heterocycles. The van der Waals surface area contributed by atoms with Gasteiger partial charge in [0.05, 0.1) is 11.1 Å². The molecule has 142 valence electrons. The number of hydrogen-bond donors (Lipinski definition) is 0. The van der Waals surface area contributed by atoms with E-state index < -0.39 is 0 Å². The number of imide groups is 1. The molecule has 1 aliphatic heterocycles. The zero-order chi connectivity index (χ0) is 18.8. The second-order valence-corrected chi connectivity index (χ2v) is 9.30. The van der Waals surface area contributed by atoms with Gasteiger partial charge in [0.1, 0.15) is 5.60 Å². The van der Waals surface area contributed by atoms with Crippen molar-refractivity contribution in [3.8, 4) is 0 Å². The lowest BCUT2D eigenvalue weighted by Crippen LogP contribution is -2.57. The Balaban J connectivity index is 1.35. The molecule has 2 amide bonds. The molecule has 6 rings (SSSR count). The van der Waals surface area contributed by atoms with Crippen LogP contribution in [0.5, 0.6) is 0 Å². The summed E-state index contributed by atoms with van der Waals surface area (Å²) < 4.78 is 5.85. The topological polar surface area (TPSA) is 63.7 Å². The first kappa shape index (κ1) is 17.0. The Bertz CT molecular complexity index is 795. The van der Waals surface area contributed by atoms with E-state index in [4.69, 9.17) is 4.74 Å². The summed E-state index contributed by atoms with van der Waals surface area (Å²) in [6.45, 7) is 1.96. The van der Waals surface area contributed by atoms with Crippen LogP contribution in [0, 0.1) is 17.3 Å². The Labute approximate surface area is 159 Å². The number of benzene rings is 1. The van der Waals surface area contributed by atoms with Crippen molar-refractivity contribution in [1.29, 1.82) is 0 Å². The average Bonchev–Trinajstić information content (AvgIpc) is 2.82. The number of carbonyl (C=O) groups excluding carboxylic acids is 3. The van der Waals surface area contributed by atoms with Crippen LogP contribution in [0.4, 0.5) is 0 Å². The molecule has 4 aliphatic carbocycles. The van der Waals surface area contributed by atoms with Gasteiger partial charge in [0.15, 0.2) is 0 Å². The molecular formula is C22H25NO4. The Hall–Kier alpha value is -2.17. The van der Waals surface area contributed by atoms with Crippen molar-refractivity contribution in [3.63, 3.8) is 0 Å². The van der Waals surface area contributed by atoms with E-state index in [0.717, 1.165) is 38.5 Å². The molecule has 0 saturated heterocycles. The summed E-state index contributed by atoms with van der Waals surface area (Å²) in [4.78, 5) is 38.4. The minimum atomic E-state index is -0.308. The number of esters is 1. The van der Waals surface area contributed by atoms with Crippen LogP contribution in [0.25, 0.3) is 0 Å². The molecule has 0 N–H and O–H groups in total. The number of nitrogens with zero attached hydrogens (tertiary/aromatic N) is 1. The predicted octanol–water partition coefficient (Wildman–Crippen LogP) is 3.57. The van der Waals surface area contributed by atoms with Crippen LogP contribution >= 0.6 is 0 Å². The third kappa shape index (κ3) is 2.62. The minimum Gasteiger partial charge on any atom is -0.459 e. The summed E-state index contributed by atoms with van der Waals surface area (Å²) in [6.07, 6.45) is 7.17. The number of rotatable bonds is 4. The lowest BCUT2D eigenvalue weighted by molar-refractivity contribution is -0.200. The van der Waals surface area contributed by atoms with Crippen molar-refractivity contribution < 1.29 is 19.1 Å². The lowest BCUT2D eigenvalue weighted by atomic mass is 9.47. The average molecular weight is 367 g/mol.